The van der Waals surface area contributed by atoms with Crippen LogP contribution in [-0.2, 0) is 16.0 Å². The first kappa shape index (κ1) is 17.4. The van der Waals surface area contributed by atoms with Crippen LogP contribution in [0.1, 0.15) is 44.1 Å². The second-order valence-electron chi connectivity index (χ2n) is 8.10. The van der Waals surface area contributed by atoms with Crippen molar-refractivity contribution in [1.29, 1.82) is 0 Å². The summed E-state index contributed by atoms with van der Waals surface area (Å²) in [7, 11) is 0. The smallest absolute Gasteiger partial charge is 0.258 e. The summed E-state index contributed by atoms with van der Waals surface area (Å²) in [5.74, 6) is 2.58. The first-order valence-corrected chi connectivity index (χ1v) is 9.96. The second-order valence-corrected chi connectivity index (χ2v) is 8.10. The molecule has 2 bridgehead atoms. The first-order valence-electron chi connectivity index (χ1n) is 9.96. The number of amides is 2. The minimum absolute atomic E-state index is 0.0556. The Morgan fingerprint density at radius 3 is 2.50 bits per heavy atom. The largest absolute Gasteiger partial charge is 0.484 e. The lowest BCUT2D eigenvalue weighted by atomic mass is 9.88. The van der Waals surface area contributed by atoms with Crippen molar-refractivity contribution in [3.63, 3.8) is 0 Å². The van der Waals surface area contributed by atoms with Crippen molar-refractivity contribution in [3.05, 3.63) is 29.8 Å². The summed E-state index contributed by atoms with van der Waals surface area (Å²) in [5.41, 5.74) is 1.16. The predicted octanol–water partition coefficient (Wildman–Crippen LogP) is 2.44. The number of hydrogen-bond donors (Lipinski definition) is 2. The quantitative estimate of drug-likeness (QED) is 0.752. The van der Waals surface area contributed by atoms with Crippen LogP contribution >= 0.6 is 0 Å². The highest BCUT2D eigenvalue weighted by molar-refractivity contribution is 5.79. The third-order valence-corrected chi connectivity index (χ3v) is 6.02. The zero-order valence-corrected chi connectivity index (χ0v) is 15.2. The fourth-order valence-corrected chi connectivity index (χ4v) is 4.43. The number of benzene rings is 1. The molecule has 3 aliphatic carbocycles. The Balaban J connectivity index is 1.16. The van der Waals surface area contributed by atoms with E-state index in [1.807, 2.05) is 24.3 Å². The summed E-state index contributed by atoms with van der Waals surface area (Å²) in [6, 6.07) is 8.13. The minimum atomic E-state index is -0.0556. The van der Waals surface area contributed by atoms with Crippen molar-refractivity contribution in [2.45, 2.75) is 51.0 Å². The van der Waals surface area contributed by atoms with Crippen molar-refractivity contribution in [2.75, 3.05) is 13.2 Å². The van der Waals surface area contributed by atoms with E-state index in [-0.39, 0.29) is 24.3 Å². The standard InChI is InChI=1S/C21H28N2O3/c24-20(23-17-5-6-17)13-26-18-7-2-14(3-8-18)9-10-22-21(25)19-12-15-1-4-16(19)11-15/h2-3,7-8,15-17,19H,1,4-6,9-13H2,(H,22,25)(H,23,24). The summed E-state index contributed by atoms with van der Waals surface area (Å²) >= 11 is 0. The maximum atomic E-state index is 12.3. The Kier molecular flexibility index (Phi) is 5.14. The van der Waals surface area contributed by atoms with Crippen LogP contribution in [0.5, 0.6) is 5.75 Å². The highest BCUT2D eigenvalue weighted by Gasteiger charge is 2.42. The zero-order valence-electron chi connectivity index (χ0n) is 15.2. The Morgan fingerprint density at radius 1 is 1.04 bits per heavy atom. The highest BCUT2D eigenvalue weighted by atomic mass is 16.5. The fourth-order valence-electron chi connectivity index (χ4n) is 4.43. The number of carbonyl (C=O) groups is 2. The Labute approximate surface area is 154 Å². The van der Waals surface area contributed by atoms with Gasteiger partial charge >= 0.3 is 0 Å². The van der Waals surface area contributed by atoms with Crippen molar-refractivity contribution in [1.82, 2.24) is 10.6 Å². The minimum Gasteiger partial charge on any atom is -0.484 e. The van der Waals surface area contributed by atoms with Crippen molar-refractivity contribution >= 4 is 11.8 Å². The summed E-state index contributed by atoms with van der Waals surface area (Å²) < 4.78 is 5.51. The van der Waals surface area contributed by atoms with Crippen LogP contribution in [0.25, 0.3) is 0 Å². The van der Waals surface area contributed by atoms with E-state index in [4.69, 9.17) is 4.74 Å². The van der Waals surface area contributed by atoms with Gasteiger partial charge in [0.1, 0.15) is 5.75 Å². The summed E-state index contributed by atoms with van der Waals surface area (Å²) in [4.78, 5) is 24.0. The normalized spacial score (nSPS) is 26.5. The molecule has 26 heavy (non-hydrogen) atoms. The van der Waals surface area contributed by atoms with E-state index >= 15 is 0 Å². The maximum Gasteiger partial charge on any atom is 0.258 e. The average Bonchev–Trinajstić information content (AvgIpc) is 3.20. The molecular formula is C21H28N2O3. The van der Waals surface area contributed by atoms with Crippen molar-refractivity contribution < 1.29 is 14.3 Å². The Hall–Kier alpha value is -2.04. The van der Waals surface area contributed by atoms with Gasteiger partial charge < -0.3 is 15.4 Å². The lowest BCUT2D eigenvalue weighted by molar-refractivity contribution is -0.126. The number of nitrogens with one attached hydrogen (secondary N) is 2. The maximum absolute atomic E-state index is 12.3. The molecule has 2 N–H and O–H groups in total. The van der Waals surface area contributed by atoms with E-state index in [1.54, 1.807) is 0 Å². The van der Waals surface area contributed by atoms with Crippen molar-refractivity contribution in [3.8, 4) is 5.75 Å². The van der Waals surface area contributed by atoms with Crippen LogP contribution in [0.3, 0.4) is 0 Å². The molecule has 0 aliphatic heterocycles. The molecule has 3 fully saturated rings. The van der Waals surface area contributed by atoms with Gasteiger partial charge in [-0.05, 0) is 68.1 Å². The number of fused-ring (bicyclic) bond motifs is 2. The van der Waals surface area contributed by atoms with Gasteiger partial charge in [-0.25, -0.2) is 0 Å². The molecule has 4 rings (SSSR count). The molecule has 2 amide bonds. The fraction of sp³-hybridized carbons (Fsp3) is 0.619. The van der Waals surface area contributed by atoms with Crippen LogP contribution in [0.2, 0.25) is 0 Å². The predicted molar refractivity (Wildman–Crippen MR) is 98.8 cm³/mol. The van der Waals surface area contributed by atoms with E-state index in [0.717, 1.165) is 37.2 Å². The summed E-state index contributed by atoms with van der Waals surface area (Å²) in [6.07, 6.45) is 7.90. The molecule has 3 atom stereocenters. The molecule has 0 spiro atoms. The van der Waals surface area contributed by atoms with E-state index in [0.29, 0.717) is 24.3 Å². The van der Waals surface area contributed by atoms with Crippen LogP contribution < -0.4 is 15.4 Å². The molecule has 3 aliphatic rings. The molecule has 0 radical (unpaired) electrons. The van der Waals surface area contributed by atoms with E-state index in [1.165, 1.54) is 19.3 Å². The topological polar surface area (TPSA) is 67.4 Å². The molecule has 3 unspecified atom stereocenters. The molecule has 1 aromatic carbocycles. The van der Waals surface area contributed by atoms with Crippen LogP contribution in [-0.4, -0.2) is 31.0 Å². The van der Waals surface area contributed by atoms with Gasteiger partial charge in [-0.1, -0.05) is 18.6 Å². The SMILES string of the molecule is O=C(COc1ccc(CCNC(=O)C2CC3CCC2C3)cc1)NC1CC1. The van der Waals surface area contributed by atoms with Gasteiger partial charge in [0, 0.05) is 18.5 Å². The molecule has 0 heterocycles. The summed E-state index contributed by atoms with van der Waals surface area (Å²) in [6.45, 7) is 0.742. The third kappa shape index (κ3) is 4.37. The van der Waals surface area contributed by atoms with Crippen LogP contribution in [0, 0.1) is 17.8 Å². The monoisotopic (exact) mass is 356 g/mol. The second kappa shape index (κ2) is 7.68. The van der Waals surface area contributed by atoms with E-state index < -0.39 is 0 Å². The van der Waals surface area contributed by atoms with E-state index in [9.17, 15) is 9.59 Å². The molecule has 140 valence electrons. The molecule has 0 aromatic heterocycles. The van der Waals surface area contributed by atoms with Crippen LogP contribution in [0.4, 0.5) is 0 Å². The van der Waals surface area contributed by atoms with Gasteiger partial charge in [0.15, 0.2) is 6.61 Å². The van der Waals surface area contributed by atoms with Gasteiger partial charge in [0.2, 0.25) is 5.91 Å². The number of ether oxygens (including phenoxy) is 1. The van der Waals surface area contributed by atoms with E-state index in [2.05, 4.69) is 10.6 Å². The summed E-state index contributed by atoms with van der Waals surface area (Å²) in [5, 5.41) is 6.02. The highest BCUT2D eigenvalue weighted by Crippen LogP contribution is 2.48. The van der Waals surface area contributed by atoms with Crippen LogP contribution in [0.15, 0.2) is 24.3 Å². The van der Waals surface area contributed by atoms with Crippen molar-refractivity contribution in [2.24, 2.45) is 17.8 Å². The molecule has 3 saturated carbocycles. The molecule has 5 heteroatoms. The lowest BCUT2D eigenvalue weighted by Gasteiger charge is -2.20. The zero-order chi connectivity index (χ0) is 17.9. The molecule has 5 nitrogen and oxygen atoms in total. The first-order chi connectivity index (χ1) is 12.7. The van der Waals surface area contributed by atoms with Gasteiger partial charge in [-0.2, -0.15) is 0 Å². The molecular weight excluding hydrogens is 328 g/mol. The Morgan fingerprint density at radius 2 is 1.85 bits per heavy atom. The van der Waals surface area contributed by atoms with Gasteiger partial charge in [0.25, 0.3) is 5.91 Å². The van der Waals surface area contributed by atoms with Gasteiger partial charge in [-0.15, -0.1) is 0 Å². The average molecular weight is 356 g/mol. The van der Waals surface area contributed by atoms with Gasteiger partial charge in [0.05, 0.1) is 0 Å². The Bertz CT molecular complexity index is 654. The number of rotatable bonds is 8. The van der Waals surface area contributed by atoms with Gasteiger partial charge in [-0.3, -0.25) is 9.59 Å². The number of hydrogen-bond acceptors (Lipinski definition) is 3. The lowest BCUT2D eigenvalue weighted by Crippen LogP contribution is -2.34. The molecule has 0 saturated heterocycles. The third-order valence-electron chi connectivity index (χ3n) is 6.02. The molecule has 1 aromatic rings. The number of carbonyl (C=O) groups excluding carboxylic acids is 2.